The van der Waals surface area contributed by atoms with Crippen molar-refractivity contribution in [3.8, 4) is 0 Å². The molecule has 0 unspecified atom stereocenters. The Morgan fingerprint density at radius 3 is 2.29 bits per heavy atom. The number of rotatable bonds is 2. The highest BCUT2D eigenvalue weighted by molar-refractivity contribution is 5.64. The van der Waals surface area contributed by atoms with E-state index in [4.69, 9.17) is 5.73 Å². The molecule has 0 atom stereocenters. The average molecular weight is 202 g/mol. The van der Waals surface area contributed by atoms with E-state index in [1.54, 1.807) is 0 Å². The van der Waals surface area contributed by atoms with Crippen LogP contribution >= 0.6 is 0 Å². The predicted molar refractivity (Wildman–Crippen MR) is 45.1 cm³/mol. The van der Waals surface area contributed by atoms with Gasteiger partial charge in [-0.3, -0.25) is 0 Å². The van der Waals surface area contributed by atoms with Gasteiger partial charge in [0.25, 0.3) is 0 Å². The fourth-order valence-electron chi connectivity index (χ4n) is 0.904. The highest BCUT2D eigenvalue weighted by atomic mass is 19.1. The molecule has 76 valence electrons. The van der Waals surface area contributed by atoms with E-state index >= 15 is 0 Å². The van der Waals surface area contributed by atoms with Crippen molar-refractivity contribution in [3.63, 3.8) is 0 Å². The van der Waals surface area contributed by atoms with Crippen LogP contribution in [0.4, 0.5) is 19.3 Å². The Morgan fingerprint density at radius 2 is 1.86 bits per heavy atom. The molecule has 0 aromatic heterocycles. The maximum atomic E-state index is 13.0. The SMILES string of the molecule is NC(=O)OCc1c(F)cc(N)cc1F. The van der Waals surface area contributed by atoms with E-state index in [1.165, 1.54) is 0 Å². The molecule has 0 fully saturated rings. The summed E-state index contributed by atoms with van der Waals surface area (Å²) in [5, 5.41) is 0. The second-order valence-corrected chi connectivity index (χ2v) is 2.57. The van der Waals surface area contributed by atoms with Gasteiger partial charge in [-0.1, -0.05) is 0 Å². The van der Waals surface area contributed by atoms with Crippen LogP contribution in [0.2, 0.25) is 0 Å². The molecule has 4 nitrogen and oxygen atoms in total. The number of hydrogen-bond acceptors (Lipinski definition) is 3. The number of carbonyl (C=O) groups is 1. The van der Waals surface area contributed by atoms with Crippen LogP contribution in [0, 0.1) is 11.6 Å². The normalized spacial score (nSPS) is 9.86. The molecule has 0 aliphatic carbocycles. The number of primary amides is 1. The molecule has 0 saturated heterocycles. The number of amides is 1. The molecule has 1 rings (SSSR count). The van der Waals surface area contributed by atoms with Gasteiger partial charge in [0.2, 0.25) is 0 Å². The van der Waals surface area contributed by atoms with Crippen molar-refractivity contribution in [3.05, 3.63) is 29.3 Å². The van der Waals surface area contributed by atoms with Gasteiger partial charge in [0.1, 0.15) is 18.2 Å². The molecule has 14 heavy (non-hydrogen) atoms. The average Bonchev–Trinajstić information content (AvgIpc) is 2.01. The summed E-state index contributed by atoms with van der Waals surface area (Å²) in [6.45, 7) is -0.548. The molecule has 0 bridgehead atoms. The molecule has 6 heteroatoms. The first-order chi connectivity index (χ1) is 6.50. The summed E-state index contributed by atoms with van der Waals surface area (Å²) in [5.41, 5.74) is 9.40. The minimum Gasteiger partial charge on any atom is -0.445 e. The summed E-state index contributed by atoms with van der Waals surface area (Å²) in [5.74, 6) is -1.74. The van der Waals surface area contributed by atoms with Gasteiger partial charge in [-0.25, -0.2) is 13.6 Å². The van der Waals surface area contributed by atoms with Gasteiger partial charge in [0.15, 0.2) is 0 Å². The topological polar surface area (TPSA) is 78.3 Å². The lowest BCUT2D eigenvalue weighted by molar-refractivity contribution is 0.147. The van der Waals surface area contributed by atoms with E-state index < -0.39 is 24.3 Å². The van der Waals surface area contributed by atoms with Crippen LogP contribution in [0.1, 0.15) is 5.56 Å². The third kappa shape index (κ3) is 2.32. The van der Waals surface area contributed by atoms with E-state index in [0.717, 1.165) is 12.1 Å². The van der Waals surface area contributed by atoms with Crippen LogP contribution in [0.25, 0.3) is 0 Å². The predicted octanol–water partition coefficient (Wildman–Crippen LogP) is 1.14. The van der Waals surface area contributed by atoms with Crippen LogP contribution in [-0.4, -0.2) is 6.09 Å². The number of ether oxygens (including phenoxy) is 1. The van der Waals surface area contributed by atoms with Crippen molar-refractivity contribution in [2.24, 2.45) is 5.73 Å². The summed E-state index contributed by atoms with van der Waals surface area (Å²) < 4.78 is 30.3. The zero-order valence-corrected chi connectivity index (χ0v) is 7.09. The first-order valence-corrected chi connectivity index (χ1v) is 3.66. The quantitative estimate of drug-likeness (QED) is 0.706. The standard InChI is InChI=1S/C8H8F2N2O2/c9-6-1-4(11)2-7(10)5(6)3-14-8(12)13/h1-2H,3,11H2,(H2,12,13). The Labute approximate surface area is 78.4 Å². The molecule has 0 radical (unpaired) electrons. The van der Waals surface area contributed by atoms with Gasteiger partial charge in [0, 0.05) is 5.69 Å². The molecule has 4 N–H and O–H groups in total. The van der Waals surface area contributed by atoms with Crippen LogP contribution in [0.3, 0.4) is 0 Å². The molecular weight excluding hydrogens is 194 g/mol. The highest BCUT2D eigenvalue weighted by Gasteiger charge is 2.11. The lowest BCUT2D eigenvalue weighted by Gasteiger charge is -2.05. The number of anilines is 1. The lowest BCUT2D eigenvalue weighted by Crippen LogP contribution is -2.14. The van der Waals surface area contributed by atoms with Crippen molar-refractivity contribution >= 4 is 11.8 Å². The van der Waals surface area contributed by atoms with Gasteiger partial charge < -0.3 is 16.2 Å². The molecule has 1 aromatic rings. The van der Waals surface area contributed by atoms with Crippen LogP contribution in [-0.2, 0) is 11.3 Å². The van der Waals surface area contributed by atoms with Gasteiger partial charge in [-0.05, 0) is 12.1 Å². The number of halogens is 2. The molecular formula is C8H8F2N2O2. The number of carbonyl (C=O) groups excluding carboxylic acids is 1. The second-order valence-electron chi connectivity index (χ2n) is 2.57. The van der Waals surface area contributed by atoms with Crippen molar-refractivity contribution in [2.75, 3.05) is 5.73 Å². The minimum atomic E-state index is -1.10. The lowest BCUT2D eigenvalue weighted by atomic mass is 10.2. The molecule has 1 amide bonds. The molecule has 1 aromatic carbocycles. The van der Waals surface area contributed by atoms with Crippen LogP contribution in [0.15, 0.2) is 12.1 Å². The number of nitrogen functional groups attached to an aromatic ring is 1. The third-order valence-electron chi connectivity index (χ3n) is 1.52. The van der Waals surface area contributed by atoms with Gasteiger partial charge in [-0.2, -0.15) is 0 Å². The monoisotopic (exact) mass is 202 g/mol. The summed E-state index contributed by atoms with van der Waals surface area (Å²) >= 11 is 0. The Balaban J connectivity index is 2.91. The molecule has 0 aliphatic heterocycles. The Morgan fingerprint density at radius 1 is 1.36 bits per heavy atom. The van der Waals surface area contributed by atoms with Crippen molar-refractivity contribution < 1.29 is 18.3 Å². The summed E-state index contributed by atoms with van der Waals surface area (Å²) in [7, 11) is 0. The summed E-state index contributed by atoms with van der Waals surface area (Å²) in [6, 6.07) is 1.87. The Kier molecular flexibility index (Phi) is 2.85. The van der Waals surface area contributed by atoms with E-state index in [2.05, 4.69) is 10.5 Å². The maximum absolute atomic E-state index is 13.0. The smallest absolute Gasteiger partial charge is 0.404 e. The molecule has 0 spiro atoms. The van der Waals surface area contributed by atoms with E-state index in [1.807, 2.05) is 0 Å². The summed E-state index contributed by atoms with van der Waals surface area (Å²) in [6.07, 6.45) is -1.10. The van der Waals surface area contributed by atoms with Crippen molar-refractivity contribution in [1.82, 2.24) is 0 Å². The van der Waals surface area contributed by atoms with E-state index in [9.17, 15) is 13.6 Å². The van der Waals surface area contributed by atoms with Crippen LogP contribution in [0.5, 0.6) is 0 Å². The van der Waals surface area contributed by atoms with Gasteiger partial charge in [0.05, 0.1) is 5.56 Å². The minimum absolute atomic E-state index is 0.0391. The fourth-order valence-corrected chi connectivity index (χ4v) is 0.904. The van der Waals surface area contributed by atoms with Gasteiger partial charge in [-0.15, -0.1) is 0 Å². The molecule has 0 aliphatic rings. The Hall–Kier alpha value is -1.85. The first kappa shape index (κ1) is 10.2. The largest absolute Gasteiger partial charge is 0.445 e. The van der Waals surface area contributed by atoms with Gasteiger partial charge >= 0.3 is 6.09 Å². The zero-order chi connectivity index (χ0) is 10.7. The molecule has 0 saturated carbocycles. The van der Waals surface area contributed by atoms with Crippen LogP contribution < -0.4 is 11.5 Å². The number of nitrogens with two attached hydrogens (primary N) is 2. The van der Waals surface area contributed by atoms with Crippen molar-refractivity contribution in [2.45, 2.75) is 6.61 Å². The van der Waals surface area contributed by atoms with E-state index in [-0.39, 0.29) is 11.3 Å². The third-order valence-corrected chi connectivity index (χ3v) is 1.52. The fraction of sp³-hybridized carbons (Fsp3) is 0.125. The zero-order valence-electron chi connectivity index (χ0n) is 7.09. The summed E-state index contributed by atoms with van der Waals surface area (Å²) in [4.78, 5) is 10.2. The molecule has 0 heterocycles. The first-order valence-electron chi connectivity index (χ1n) is 3.66. The number of benzene rings is 1. The highest BCUT2D eigenvalue weighted by Crippen LogP contribution is 2.17. The maximum Gasteiger partial charge on any atom is 0.404 e. The Bertz CT molecular complexity index is 345. The number of hydrogen-bond donors (Lipinski definition) is 2. The van der Waals surface area contributed by atoms with Crippen molar-refractivity contribution in [1.29, 1.82) is 0 Å². The van der Waals surface area contributed by atoms with E-state index in [0.29, 0.717) is 0 Å². The second kappa shape index (κ2) is 3.91.